The van der Waals surface area contributed by atoms with Gasteiger partial charge >= 0.3 is 0 Å². The van der Waals surface area contributed by atoms with Crippen molar-refractivity contribution in [3.05, 3.63) is 58.1 Å². The molecule has 0 atom stereocenters. The summed E-state index contributed by atoms with van der Waals surface area (Å²) in [5.41, 5.74) is 4.06. The molecule has 0 bridgehead atoms. The summed E-state index contributed by atoms with van der Waals surface area (Å²) in [5, 5.41) is 8.90. The van der Waals surface area contributed by atoms with Crippen molar-refractivity contribution >= 4 is 27.3 Å². The fraction of sp³-hybridized carbons (Fsp3) is 0.133. The van der Waals surface area contributed by atoms with Gasteiger partial charge in [0.15, 0.2) is 0 Å². The van der Waals surface area contributed by atoms with Gasteiger partial charge in [-0.1, -0.05) is 17.7 Å². The van der Waals surface area contributed by atoms with Crippen molar-refractivity contribution in [3.63, 3.8) is 0 Å². The first-order chi connectivity index (χ1) is 8.61. The molecule has 0 aliphatic carbocycles. The van der Waals surface area contributed by atoms with Crippen molar-refractivity contribution in [3.8, 4) is 6.07 Å². The van der Waals surface area contributed by atoms with E-state index in [0.29, 0.717) is 5.56 Å². The molecule has 0 amide bonds. The maximum Gasteiger partial charge on any atom is 0.100 e. The molecule has 2 rings (SSSR count). The third-order valence-electron chi connectivity index (χ3n) is 2.88. The second kappa shape index (κ2) is 5.24. The molecule has 0 fully saturated rings. The molecule has 2 aromatic carbocycles. The van der Waals surface area contributed by atoms with Crippen LogP contribution in [0.5, 0.6) is 0 Å². The van der Waals surface area contributed by atoms with E-state index in [2.05, 4.69) is 58.1 Å². The molecular weight excluding hydrogens is 288 g/mol. The lowest BCUT2D eigenvalue weighted by atomic mass is 10.2. The number of aryl methyl sites for hydroxylation is 1. The summed E-state index contributed by atoms with van der Waals surface area (Å²) in [6.07, 6.45) is 0. The Balaban J connectivity index is 2.34. The van der Waals surface area contributed by atoms with Gasteiger partial charge in [-0.2, -0.15) is 5.26 Å². The fourth-order valence-electron chi connectivity index (χ4n) is 1.72. The largest absolute Gasteiger partial charge is 0.345 e. The molecule has 0 saturated carbocycles. The molecule has 18 heavy (non-hydrogen) atoms. The Labute approximate surface area is 116 Å². The second-order valence-corrected chi connectivity index (χ2v) is 5.02. The Hall–Kier alpha value is -1.79. The minimum Gasteiger partial charge on any atom is -0.345 e. The second-order valence-electron chi connectivity index (χ2n) is 4.17. The standard InChI is InChI=1S/C15H13BrN2/c1-11-3-6-13(7-4-11)18(2)14-8-5-12(10-17)15(16)9-14/h3-9H,1-2H3. The van der Waals surface area contributed by atoms with Gasteiger partial charge in [0.05, 0.1) is 5.56 Å². The highest BCUT2D eigenvalue weighted by Crippen LogP contribution is 2.28. The Kier molecular flexibility index (Phi) is 3.69. The number of halogens is 1. The first kappa shape index (κ1) is 12.7. The summed E-state index contributed by atoms with van der Waals surface area (Å²) in [6, 6.07) is 16.2. The highest BCUT2D eigenvalue weighted by molar-refractivity contribution is 9.10. The molecule has 0 heterocycles. The number of nitrogens with zero attached hydrogens (tertiary/aromatic N) is 2. The predicted molar refractivity (Wildman–Crippen MR) is 78.1 cm³/mol. The van der Waals surface area contributed by atoms with Crippen molar-refractivity contribution in [2.75, 3.05) is 11.9 Å². The predicted octanol–water partition coefficient (Wildman–Crippen LogP) is 4.40. The van der Waals surface area contributed by atoms with Crippen LogP contribution in [-0.4, -0.2) is 7.05 Å². The molecule has 0 spiro atoms. The van der Waals surface area contributed by atoms with E-state index in [0.717, 1.165) is 15.8 Å². The van der Waals surface area contributed by atoms with Crippen LogP contribution < -0.4 is 4.90 Å². The summed E-state index contributed by atoms with van der Waals surface area (Å²) in [6.45, 7) is 2.07. The van der Waals surface area contributed by atoms with Crippen LogP contribution in [0.4, 0.5) is 11.4 Å². The van der Waals surface area contributed by atoms with Crippen molar-refractivity contribution < 1.29 is 0 Å². The van der Waals surface area contributed by atoms with Crippen LogP contribution >= 0.6 is 15.9 Å². The molecule has 0 saturated heterocycles. The van der Waals surface area contributed by atoms with Gasteiger partial charge in [0.1, 0.15) is 6.07 Å². The first-order valence-electron chi connectivity index (χ1n) is 5.62. The Morgan fingerprint density at radius 2 is 1.67 bits per heavy atom. The van der Waals surface area contributed by atoms with Gasteiger partial charge < -0.3 is 4.90 Å². The topological polar surface area (TPSA) is 27.0 Å². The molecule has 0 aliphatic heterocycles. The summed E-state index contributed by atoms with van der Waals surface area (Å²) in [5.74, 6) is 0. The van der Waals surface area contributed by atoms with E-state index >= 15 is 0 Å². The smallest absolute Gasteiger partial charge is 0.100 e. The number of hydrogen-bond donors (Lipinski definition) is 0. The van der Waals surface area contributed by atoms with Crippen LogP contribution in [0.3, 0.4) is 0 Å². The van der Waals surface area contributed by atoms with E-state index in [1.165, 1.54) is 5.56 Å². The van der Waals surface area contributed by atoms with Crippen LogP contribution in [0.2, 0.25) is 0 Å². The lowest BCUT2D eigenvalue weighted by Crippen LogP contribution is -2.09. The monoisotopic (exact) mass is 300 g/mol. The van der Waals surface area contributed by atoms with E-state index in [4.69, 9.17) is 5.26 Å². The number of rotatable bonds is 2. The number of benzene rings is 2. The van der Waals surface area contributed by atoms with Crippen LogP contribution in [-0.2, 0) is 0 Å². The molecule has 3 heteroatoms. The Morgan fingerprint density at radius 1 is 1.06 bits per heavy atom. The van der Waals surface area contributed by atoms with Crippen LogP contribution in [0, 0.1) is 18.3 Å². The number of hydrogen-bond acceptors (Lipinski definition) is 2. The van der Waals surface area contributed by atoms with E-state index in [9.17, 15) is 0 Å². The molecule has 2 aromatic rings. The summed E-state index contributed by atoms with van der Waals surface area (Å²) in [4.78, 5) is 2.09. The minimum atomic E-state index is 0.649. The minimum absolute atomic E-state index is 0.649. The van der Waals surface area contributed by atoms with Gasteiger partial charge in [0, 0.05) is 22.9 Å². The maximum atomic E-state index is 8.90. The fourth-order valence-corrected chi connectivity index (χ4v) is 2.18. The third-order valence-corrected chi connectivity index (χ3v) is 3.54. The summed E-state index contributed by atoms with van der Waals surface area (Å²) < 4.78 is 0.821. The van der Waals surface area contributed by atoms with Gasteiger partial charge in [-0.25, -0.2) is 0 Å². The normalized spacial score (nSPS) is 9.89. The average Bonchev–Trinajstić information content (AvgIpc) is 2.38. The third kappa shape index (κ3) is 2.55. The van der Waals surface area contributed by atoms with Gasteiger partial charge in [-0.05, 0) is 53.2 Å². The quantitative estimate of drug-likeness (QED) is 0.822. The van der Waals surface area contributed by atoms with Crippen molar-refractivity contribution in [2.24, 2.45) is 0 Å². The van der Waals surface area contributed by atoms with Crippen molar-refractivity contribution in [1.82, 2.24) is 0 Å². The van der Waals surface area contributed by atoms with Crippen LogP contribution in [0.15, 0.2) is 46.9 Å². The molecule has 0 aromatic heterocycles. The molecule has 0 aliphatic rings. The average molecular weight is 301 g/mol. The van der Waals surface area contributed by atoms with Gasteiger partial charge in [0.2, 0.25) is 0 Å². The first-order valence-corrected chi connectivity index (χ1v) is 6.41. The van der Waals surface area contributed by atoms with E-state index in [-0.39, 0.29) is 0 Å². The lowest BCUT2D eigenvalue weighted by molar-refractivity contribution is 1.20. The zero-order valence-electron chi connectivity index (χ0n) is 10.3. The molecule has 90 valence electrons. The van der Waals surface area contributed by atoms with Crippen molar-refractivity contribution in [2.45, 2.75) is 6.92 Å². The lowest BCUT2D eigenvalue weighted by Gasteiger charge is -2.20. The molecule has 0 unspecified atom stereocenters. The van der Waals surface area contributed by atoms with E-state index in [1.54, 1.807) is 0 Å². The van der Waals surface area contributed by atoms with Gasteiger partial charge in [-0.3, -0.25) is 0 Å². The van der Waals surface area contributed by atoms with Gasteiger partial charge in [0.25, 0.3) is 0 Å². The summed E-state index contributed by atoms with van der Waals surface area (Å²) >= 11 is 3.41. The SMILES string of the molecule is Cc1ccc(N(C)c2ccc(C#N)c(Br)c2)cc1. The highest BCUT2D eigenvalue weighted by atomic mass is 79.9. The highest BCUT2D eigenvalue weighted by Gasteiger charge is 2.06. The molecule has 0 N–H and O–H groups in total. The van der Waals surface area contributed by atoms with Crippen LogP contribution in [0.1, 0.15) is 11.1 Å². The van der Waals surface area contributed by atoms with Crippen molar-refractivity contribution in [1.29, 1.82) is 5.26 Å². The van der Waals surface area contributed by atoms with Crippen LogP contribution in [0.25, 0.3) is 0 Å². The summed E-state index contributed by atoms with van der Waals surface area (Å²) in [7, 11) is 2.01. The Morgan fingerprint density at radius 3 is 2.22 bits per heavy atom. The van der Waals surface area contributed by atoms with E-state index < -0.39 is 0 Å². The van der Waals surface area contributed by atoms with E-state index in [1.807, 2.05) is 25.2 Å². The maximum absolute atomic E-state index is 8.90. The Bertz CT molecular complexity index is 597. The molecule has 2 nitrogen and oxygen atoms in total. The zero-order valence-corrected chi connectivity index (χ0v) is 11.9. The van der Waals surface area contributed by atoms with Gasteiger partial charge in [-0.15, -0.1) is 0 Å². The molecule has 0 radical (unpaired) electrons. The number of anilines is 2. The molecular formula is C15H13BrN2. The zero-order chi connectivity index (χ0) is 13.1. The number of nitriles is 1.